The summed E-state index contributed by atoms with van der Waals surface area (Å²) < 4.78 is 17.5. The van der Waals surface area contributed by atoms with E-state index in [1.807, 2.05) is 20.8 Å². The molecule has 1 aromatic carbocycles. The molecule has 0 spiro atoms. The molecule has 10 nitrogen and oxygen atoms in total. The number of benzene rings is 1. The van der Waals surface area contributed by atoms with Crippen LogP contribution >= 0.6 is 0 Å². The van der Waals surface area contributed by atoms with Crippen molar-refractivity contribution in [2.45, 2.75) is 103 Å². The molecule has 1 heterocycles. The average molecular weight is 538 g/mol. The van der Waals surface area contributed by atoms with Crippen LogP contribution in [0.15, 0.2) is 24.3 Å². The predicted octanol–water partition coefficient (Wildman–Crippen LogP) is 6.00. The van der Waals surface area contributed by atoms with Gasteiger partial charge in [0.2, 0.25) is 0 Å². The van der Waals surface area contributed by atoms with Crippen molar-refractivity contribution >= 4 is 26.2 Å². The van der Waals surface area contributed by atoms with E-state index in [2.05, 4.69) is 39.2 Å². The maximum Gasteiger partial charge on any atom is 0.410 e. The lowest BCUT2D eigenvalue weighted by Crippen LogP contribution is -2.45. The molecule has 2 amide bonds. The maximum atomic E-state index is 12.9. The van der Waals surface area contributed by atoms with Crippen molar-refractivity contribution < 1.29 is 28.4 Å². The second-order valence-corrected chi connectivity index (χ2v) is 16.8. The Kier molecular flexibility index (Phi) is 10.1. The third kappa shape index (κ3) is 9.62. The van der Waals surface area contributed by atoms with Crippen LogP contribution in [-0.2, 0) is 20.5 Å². The fraction of sp³-hybridized carbons (Fsp3) is 0.692. The molecule has 2 atom stereocenters. The van der Waals surface area contributed by atoms with Crippen LogP contribution in [0.2, 0.25) is 18.1 Å². The number of rotatable bonds is 9. The van der Waals surface area contributed by atoms with Gasteiger partial charge in [0.05, 0.1) is 11.0 Å². The summed E-state index contributed by atoms with van der Waals surface area (Å²) in [5.41, 5.74) is 0.0552. The van der Waals surface area contributed by atoms with Gasteiger partial charge in [0.15, 0.2) is 8.32 Å². The van der Waals surface area contributed by atoms with E-state index < -0.39 is 24.9 Å². The quantitative estimate of drug-likeness (QED) is 0.177. The van der Waals surface area contributed by atoms with Crippen molar-refractivity contribution in [3.63, 3.8) is 0 Å². The van der Waals surface area contributed by atoms with Crippen LogP contribution in [0.25, 0.3) is 0 Å². The summed E-state index contributed by atoms with van der Waals surface area (Å²) in [6.45, 7) is 17.5. The lowest BCUT2D eigenvalue weighted by Gasteiger charge is -2.38. The lowest BCUT2D eigenvalue weighted by atomic mass is 10.1. The first-order valence-electron chi connectivity index (χ1n) is 12.8. The number of ether oxygens (including phenoxy) is 2. The molecule has 0 unspecified atom stereocenters. The van der Waals surface area contributed by atoms with Crippen LogP contribution in [-0.4, -0.2) is 61.2 Å². The van der Waals surface area contributed by atoms with Gasteiger partial charge >= 0.3 is 12.2 Å². The molecule has 1 N–H and O–H groups in total. The Balaban J connectivity index is 1.87. The number of hydrogen-bond acceptors (Lipinski definition) is 7. The van der Waals surface area contributed by atoms with E-state index in [0.29, 0.717) is 31.5 Å². The first kappa shape index (κ1) is 30.6. The number of nitrogens with zero attached hydrogens (tertiary/aromatic N) is 2. The topological polar surface area (TPSA) is 120 Å². The first-order chi connectivity index (χ1) is 17.0. The number of amides is 2. The van der Waals surface area contributed by atoms with Crippen molar-refractivity contribution in [2.75, 3.05) is 13.1 Å². The van der Waals surface area contributed by atoms with E-state index >= 15 is 0 Å². The second kappa shape index (κ2) is 12.3. The minimum atomic E-state index is -2.00. The van der Waals surface area contributed by atoms with E-state index in [1.54, 1.807) is 17.0 Å². The number of alkyl carbamates (subject to hydrolysis) is 1. The number of carbonyl (C=O) groups is 2. The summed E-state index contributed by atoms with van der Waals surface area (Å²) in [5.74, 6) is 0. The Morgan fingerprint density at radius 1 is 1.14 bits per heavy atom. The molecule has 208 valence electrons. The van der Waals surface area contributed by atoms with Gasteiger partial charge in [-0.1, -0.05) is 20.8 Å². The zero-order chi connectivity index (χ0) is 28.0. The van der Waals surface area contributed by atoms with Crippen LogP contribution in [0.1, 0.15) is 66.4 Å². The van der Waals surface area contributed by atoms with Crippen molar-refractivity contribution in [3.8, 4) is 0 Å². The molecule has 37 heavy (non-hydrogen) atoms. The fourth-order valence-electron chi connectivity index (χ4n) is 3.81. The summed E-state index contributed by atoms with van der Waals surface area (Å²) in [4.78, 5) is 37.0. The fourth-order valence-corrected chi connectivity index (χ4v) is 5.17. The van der Waals surface area contributed by atoms with Gasteiger partial charge in [-0.2, -0.15) is 0 Å². The van der Waals surface area contributed by atoms with E-state index in [1.165, 1.54) is 12.1 Å². The molecular formula is C26H43N3O7Si. The number of hydrogen-bond donors (Lipinski definition) is 1. The molecule has 1 saturated heterocycles. The largest absolute Gasteiger partial charge is 0.445 e. The van der Waals surface area contributed by atoms with Gasteiger partial charge in [0.25, 0.3) is 5.69 Å². The van der Waals surface area contributed by atoms with E-state index in [0.717, 1.165) is 6.42 Å². The summed E-state index contributed by atoms with van der Waals surface area (Å²) in [6.07, 6.45) is 1.14. The molecular weight excluding hydrogens is 494 g/mol. The third-order valence-corrected chi connectivity index (χ3v) is 11.3. The molecule has 11 heteroatoms. The number of carbonyl (C=O) groups excluding carboxylic acids is 2. The number of nitrogens with one attached hydrogen (secondary N) is 1. The normalized spacial score (nSPS) is 18.4. The summed E-state index contributed by atoms with van der Waals surface area (Å²) in [6, 6.07) is 5.81. The Bertz CT molecular complexity index is 939. The Morgan fingerprint density at radius 2 is 1.76 bits per heavy atom. The number of nitro groups is 1. The molecule has 0 radical (unpaired) electrons. The first-order valence-corrected chi connectivity index (χ1v) is 15.7. The predicted molar refractivity (Wildman–Crippen MR) is 144 cm³/mol. The van der Waals surface area contributed by atoms with E-state index in [-0.39, 0.29) is 35.6 Å². The highest BCUT2D eigenvalue weighted by molar-refractivity contribution is 6.74. The van der Waals surface area contributed by atoms with Gasteiger partial charge in [-0.15, -0.1) is 0 Å². The van der Waals surface area contributed by atoms with Gasteiger partial charge in [-0.05, 0) is 75.9 Å². The zero-order valence-corrected chi connectivity index (χ0v) is 24.5. The van der Waals surface area contributed by atoms with Crippen molar-refractivity contribution in [3.05, 3.63) is 39.9 Å². The Morgan fingerprint density at radius 3 is 2.30 bits per heavy atom. The van der Waals surface area contributed by atoms with Crippen LogP contribution in [0.5, 0.6) is 0 Å². The maximum absolute atomic E-state index is 12.9. The minimum Gasteiger partial charge on any atom is -0.445 e. The molecule has 0 aliphatic carbocycles. The average Bonchev–Trinajstić information content (AvgIpc) is 3.15. The second-order valence-electron chi connectivity index (χ2n) is 12.1. The van der Waals surface area contributed by atoms with Crippen molar-refractivity contribution in [1.82, 2.24) is 10.2 Å². The van der Waals surface area contributed by atoms with Crippen molar-refractivity contribution in [1.29, 1.82) is 0 Å². The molecule has 0 aromatic heterocycles. The number of nitro benzene ring substituents is 1. The SMILES string of the molecule is CC(C)(C)OC(=O)N1C[C@H](O[Si](C)(C)C(C)(C)C)C[C@H]1CCCNC(=O)OCc1ccc([N+](=O)[O-])cc1. The summed E-state index contributed by atoms with van der Waals surface area (Å²) >= 11 is 0. The monoisotopic (exact) mass is 537 g/mol. The summed E-state index contributed by atoms with van der Waals surface area (Å²) in [5, 5.41) is 13.5. The van der Waals surface area contributed by atoms with Gasteiger partial charge in [0, 0.05) is 31.3 Å². The highest BCUT2D eigenvalue weighted by atomic mass is 28.4. The highest BCUT2D eigenvalue weighted by Gasteiger charge is 2.44. The Hall–Kier alpha value is -2.66. The smallest absolute Gasteiger partial charge is 0.410 e. The highest BCUT2D eigenvalue weighted by Crippen LogP contribution is 2.39. The molecule has 2 rings (SSSR count). The lowest BCUT2D eigenvalue weighted by molar-refractivity contribution is -0.384. The zero-order valence-electron chi connectivity index (χ0n) is 23.5. The van der Waals surface area contributed by atoms with Crippen LogP contribution in [0, 0.1) is 10.1 Å². The molecule has 0 bridgehead atoms. The summed E-state index contributed by atoms with van der Waals surface area (Å²) in [7, 11) is -2.00. The van der Waals surface area contributed by atoms with Crippen LogP contribution < -0.4 is 5.32 Å². The van der Waals surface area contributed by atoms with Gasteiger partial charge in [0.1, 0.15) is 12.2 Å². The van der Waals surface area contributed by atoms with Gasteiger partial charge in [-0.3, -0.25) is 10.1 Å². The Labute approximate surface area is 221 Å². The molecule has 1 fully saturated rings. The van der Waals surface area contributed by atoms with Crippen LogP contribution in [0.4, 0.5) is 15.3 Å². The van der Waals surface area contributed by atoms with Crippen molar-refractivity contribution in [2.24, 2.45) is 0 Å². The number of non-ortho nitro benzene ring substituents is 1. The van der Waals surface area contributed by atoms with Gasteiger partial charge in [-0.25, -0.2) is 9.59 Å². The molecule has 0 saturated carbocycles. The van der Waals surface area contributed by atoms with E-state index in [9.17, 15) is 19.7 Å². The van der Waals surface area contributed by atoms with Gasteiger partial charge < -0.3 is 24.1 Å². The minimum absolute atomic E-state index is 0.0162. The van der Waals surface area contributed by atoms with E-state index in [4.69, 9.17) is 13.9 Å². The standard InChI is InChI=1S/C26H43N3O7Si/c1-25(2,3)35-24(31)28-17-22(36-37(7,8)26(4,5)6)16-21(28)10-9-15-27-23(30)34-18-19-11-13-20(14-12-19)29(32)33/h11-14,21-22H,9-10,15-18H2,1-8H3,(H,27,30)/t21-,22-/m1/s1. The molecule has 1 aliphatic rings. The number of likely N-dealkylation sites (tertiary alicyclic amines) is 1. The molecule has 1 aromatic rings. The molecule has 1 aliphatic heterocycles. The third-order valence-electron chi connectivity index (χ3n) is 6.77. The van der Waals surface area contributed by atoms with Crippen LogP contribution in [0.3, 0.4) is 0 Å².